The number of quaternary nitrogens is 1. The highest BCUT2D eigenvalue weighted by Gasteiger charge is 2.07. The van der Waals surface area contributed by atoms with Gasteiger partial charge in [-0.25, -0.2) is 0 Å². The Morgan fingerprint density at radius 3 is 2.14 bits per heavy atom. The van der Waals surface area contributed by atoms with E-state index in [1.807, 2.05) is 30.3 Å². The Balaban J connectivity index is 2.03. The Morgan fingerprint density at radius 2 is 1.55 bits per heavy atom. The van der Waals surface area contributed by atoms with E-state index < -0.39 is 0 Å². The van der Waals surface area contributed by atoms with Crippen molar-refractivity contribution in [2.75, 3.05) is 21.3 Å². The van der Waals surface area contributed by atoms with Crippen LogP contribution >= 0.6 is 15.9 Å². The van der Waals surface area contributed by atoms with Crippen LogP contribution in [0.15, 0.2) is 40.9 Å². The predicted molar refractivity (Wildman–Crippen MR) is 89.6 cm³/mol. The minimum absolute atomic E-state index is 0.808. The number of benzene rings is 2. The smallest absolute Gasteiger partial charge is 0.127 e. The summed E-state index contributed by atoms with van der Waals surface area (Å²) in [5.41, 5.74) is 2.32. The predicted octanol–water partition coefficient (Wildman–Crippen LogP) is 2.74. The first-order valence-corrected chi connectivity index (χ1v) is 7.81. The second-order valence-electron chi connectivity index (χ2n) is 4.87. The number of nitrogens with two attached hydrogens (primary N) is 1. The summed E-state index contributed by atoms with van der Waals surface area (Å²) in [4.78, 5) is 0. The fraction of sp³-hybridized carbons (Fsp3) is 0.294. The van der Waals surface area contributed by atoms with Gasteiger partial charge in [-0.15, -0.1) is 0 Å². The lowest BCUT2D eigenvalue weighted by Gasteiger charge is -2.10. The topological polar surface area (TPSA) is 44.3 Å². The SMILES string of the molecule is COc1cc(C[NH2+]Cc2cc(Br)ccc2OC)cc(OC)c1. The van der Waals surface area contributed by atoms with Gasteiger partial charge >= 0.3 is 0 Å². The third-order valence-corrected chi connectivity index (χ3v) is 3.89. The van der Waals surface area contributed by atoms with E-state index in [-0.39, 0.29) is 0 Å². The standard InChI is InChI=1S/C17H20BrNO3/c1-20-15-6-12(7-16(9-15)21-2)10-19-11-13-8-14(18)4-5-17(13)22-3/h4-9,19H,10-11H2,1-3H3/p+1. The molecule has 2 N–H and O–H groups in total. The molecule has 0 unspecified atom stereocenters. The lowest BCUT2D eigenvalue weighted by atomic mass is 10.1. The lowest BCUT2D eigenvalue weighted by Crippen LogP contribution is -2.80. The molecule has 118 valence electrons. The van der Waals surface area contributed by atoms with Crippen LogP contribution in [0.4, 0.5) is 0 Å². The maximum Gasteiger partial charge on any atom is 0.127 e. The van der Waals surface area contributed by atoms with Crippen molar-refractivity contribution in [3.05, 3.63) is 52.0 Å². The van der Waals surface area contributed by atoms with E-state index in [4.69, 9.17) is 14.2 Å². The molecule has 0 atom stereocenters. The molecule has 0 amide bonds. The Morgan fingerprint density at radius 1 is 0.864 bits per heavy atom. The monoisotopic (exact) mass is 366 g/mol. The van der Waals surface area contributed by atoms with Crippen LogP contribution in [0.2, 0.25) is 0 Å². The Hall–Kier alpha value is -1.72. The van der Waals surface area contributed by atoms with Crippen LogP contribution in [0.5, 0.6) is 17.2 Å². The summed E-state index contributed by atoms with van der Waals surface area (Å²) in [5.74, 6) is 2.52. The van der Waals surface area contributed by atoms with Gasteiger partial charge < -0.3 is 19.5 Å². The summed E-state index contributed by atoms with van der Waals surface area (Å²) in [7, 11) is 5.02. The zero-order chi connectivity index (χ0) is 15.9. The average molecular weight is 367 g/mol. The van der Waals surface area contributed by atoms with Crippen LogP contribution in [0.1, 0.15) is 11.1 Å². The molecule has 5 heteroatoms. The molecule has 0 fully saturated rings. The molecule has 0 radical (unpaired) electrons. The Labute approximate surface area is 139 Å². The molecule has 2 aromatic carbocycles. The van der Waals surface area contributed by atoms with Crippen LogP contribution in [-0.2, 0) is 13.1 Å². The summed E-state index contributed by atoms with van der Waals surface area (Å²) < 4.78 is 17.0. The van der Waals surface area contributed by atoms with Gasteiger partial charge in [-0.05, 0) is 30.3 Å². The average Bonchev–Trinajstić information content (AvgIpc) is 2.54. The molecule has 4 nitrogen and oxygen atoms in total. The molecule has 0 spiro atoms. The highest BCUT2D eigenvalue weighted by atomic mass is 79.9. The molecular weight excluding hydrogens is 346 g/mol. The minimum atomic E-state index is 0.808. The van der Waals surface area contributed by atoms with Crippen LogP contribution in [-0.4, -0.2) is 21.3 Å². The van der Waals surface area contributed by atoms with E-state index in [0.717, 1.165) is 45.9 Å². The molecule has 0 aliphatic carbocycles. The first-order valence-electron chi connectivity index (χ1n) is 7.02. The summed E-state index contributed by atoms with van der Waals surface area (Å²) in [5, 5.41) is 2.22. The largest absolute Gasteiger partial charge is 0.497 e. The van der Waals surface area contributed by atoms with Gasteiger partial charge in [0.25, 0.3) is 0 Å². The van der Waals surface area contributed by atoms with Gasteiger partial charge in [0.05, 0.1) is 21.3 Å². The molecule has 2 rings (SSSR count). The first kappa shape index (κ1) is 16.6. The van der Waals surface area contributed by atoms with E-state index in [2.05, 4.69) is 27.3 Å². The number of halogens is 1. The number of hydrogen-bond acceptors (Lipinski definition) is 3. The van der Waals surface area contributed by atoms with E-state index >= 15 is 0 Å². The van der Waals surface area contributed by atoms with Gasteiger partial charge in [-0.2, -0.15) is 0 Å². The van der Waals surface area contributed by atoms with Crippen molar-refractivity contribution in [3.63, 3.8) is 0 Å². The van der Waals surface area contributed by atoms with E-state index in [1.165, 1.54) is 0 Å². The third-order valence-electron chi connectivity index (χ3n) is 3.40. The quantitative estimate of drug-likeness (QED) is 0.819. The first-order chi connectivity index (χ1) is 10.7. The molecule has 0 bridgehead atoms. The van der Waals surface area contributed by atoms with Crippen molar-refractivity contribution in [3.8, 4) is 17.2 Å². The second-order valence-corrected chi connectivity index (χ2v) is 5.79. The van der Waals surface area contributed by atoms with E-state index in [1.54, 1.807) is 21.3 Å². The summed E-state index contributed by atoms with van der Waals surface area (Å²) in [6.07, 6.45) is 0. The zero-order valence-corrected chi connectivity index (χ0v) is 14.6. The highest BCUT2D eigenvalue weighted by Crippen LogP contribution is 2.23. The van der Waals surface area contributed by atoms with Crippen molar-refractivity contribution >= 4 is 15.9 Å². The fourth-order valence-electron chi connectivity index (χ4n) is 2.29. The van der Waals surface area contributed by atoms with Crippen molar-refractivity contribution in [1.82, 2.24) is 0 Å². The molecule has 0 heterocycles. The lowest BCUT2D eigenvalue weighted by molar-refractivity contribution is -0.686. The van der Waals surface area contributed by atoms with Crippen LogP contribution in [0, 0.1) is 0 Å². The van der Waals surface area contributed by atoms with Crippen molar-refractivity contribution in [1.29, 1.82) is 0 Å². The third kappa shape index (κ3) is 4.39. The van der Waals surface area contributed by atoms with Crippen LogP contribution in [0.25, 0.3) is 0 Å². The van der Waals surface area contributed by atoms with E-state index in [9.17, 15) is 0 Å². The van der Waals surface area contributed by atoms with Crippen molar-refractivity contribution in [2.45, 2.75) is 13.1 Å². The van der Waals surface area contributed by atoms with Gasteiger partial charge in [0.1, 0.15) is 30.3 Å². The molecule has 0 saturated carbocycles. The van der Waals surface area contributed by atoms with Gasteiger partial charge in [0.2, 0.25) is 0 Å². The minimum Gasteiger partial charge on any atom is -0.497 e. The maximum absolute atomic E-state index is 5.40. The van der Waals surface area contributed by atoms with Gasteiger partial charge in [-0.1, -0.05) is 15.9 Å². The second kappa shape index (κ2) is 8.06. The number of ether oxygens (including phenoxy) is 3. The molecular formula is C17H21BrNO3+. The van der Waals surface area contributed by atoms with Gasteiger partial charge in [-0.3, -0.25) is 0 Å². The Bertz CT molecular complexity index is 609. The van der Waals surface area contributed by atoms with Crippen molar-refractivity contribution < 1.29 is 19.5 Å². The van der Waals surface area contributed by atoms with Gasteiger partial charge in [0.15, 0.2) is 0 Å². The molecule has 2 aromatic rings. The molecule has 0 aromatic heterocycles. The Kier molecular flexibility index (Phi) is 6.10. The summed E-state index contributed by atoms with van der Waals surface area (Å²) in [6, 6.07) is 12.0. The fourth-order valence-corrected chi connectivity index (χ4v) is 2.69. The number of hydrogen-bond donors (Lipinski definition) is 1. The molecule has 0 aliphatic heterocycles. The number of rotatable bonds is 7. The molecule has 0 saturated heterocycles. The van der Waals surface area contributed by atoms with Crippen LogP contribution in [0.3, 0.4) is 0 Å². The maximum atomic E-state index is 5.40. The molecule has 0 aliphatic rings. The molecule has 22 heavy (non-hydrogen) atoms. The van der Waals surface area contributed by atoms with Gasteiger partial charge in [0, 0.05) is 21.7 Å². The highest BCUT2D eigenvalue weighted by molar-refractivity contribution is 9.10. The normalized spacial score (nSPS) is 10.4. The summed E-state index contributed by atoms with van der Waals surface area (Å²) >= 11 is 3.50. The van der Waals surface area contributed by atoms with Crippen molar-refractivity contribution in [2.24, 2.45) is 0 Å². The summed E-state index contributed by atoms with van der Waals surface area (Å²) in [6.45, 7) is 1.67. The number of methoxy groups -OCH3 is 3. The van der Waals surface area contributed by atoms with E-state index in [0.29, 0.717) is 0 Å². The van der Waals surface area contributed by atoms with Crippen LogP contribution < -0.4 is 19.5 Å². The zero-order valence-electron chi connectivity index (χ0n) is 13.1.